The molecule has 8 heteroatoms. The van der Waals surface area contributed by atoms with E-state index in [4.69, 9.17) is 28.9 Å². The molecule has 1 heterocycles. The number of hydrogen-bond donors (Lipinski definition) is 2. The van der Waals surface area contributed by atoms with E-state index in [2.05, 4.69) is 31.3 Å². The Balaban J connectivity index is 2.68. The minimum atomic E-state index is -0.694. The van der Waals surface area contributed by atoms with Crippen LogP contribution in [-0.2, 0) is 0 Å². The fraction of sp³-hybridized carbons (Fsp3) is 0. The van der Waals surface area contributed by atoms with Crippen LogP contribution >= 0.6 is 39.1 Å². The quantitative estimate of drug-likeness (QED) is 0.827. The molecule has 1 aromatic heterocycles. The number of carbonyl (C=O) groups is 1. The molecule has 2 aromatic rings. The summed E-state index contributed by atoms with van der Waals surface area (Å²) in [5.41, 5.74) is 5.94. The fourth-order valence-electron chi connectivity index (χ4n) is 1.32. The van der Waals surface area contributed by atoms with Crippen molar-refractivity contribution in [3.05, 3.63) is 32.3 Å². The number of nitrogens with one attached hydrogen (secondary N) is 1. The average Bonchev–Trinajstić information content (AvgIpc) is 2.72. The average molecular weight is 336 g/mol. The molecule has 0 saturated heterocycles. The number of benzene rings is 1. The molecule has 0 aliphatic heterocycles. The maximum absolute atomic E-state index is 11.1. The van der Waals surface area contributed by atoms with Gasteiger partial charge in [0.15, 0.2) is 5.69 Å². The van der Waals surface area contributed by atoms with E-state index >= 15 is 0 Å². The normalized spacial score (nSPS) is 10.5. The molecule has 17 heavy (non-hydrogen) atoms. The molecule has 1 amide bonds. The molecule has 3 N–H and O–H groups in total. The summed E-state index contributed by atoms with van der Waals surface area (Å²) in [5, 5.41) is 10.7. The first-order valence-electron chi connectivity index (χ1n) is 4.36. The summed E-state index contributed by atoms with van der Waals surface area (Å²) in [4.78, 5) is 11.1. The lowest BCUT2D eigenvalue weighted by Gasteiger charge is -2.04. The lowest BCUT2D eigenvalue weighted by molar-refractivity contribution is 0.0996. The van der Waals surface area contributed by atoms with Gasteiger partial charge in [-0.1, -0.05) is 23.2 Å². The van der Waals surface area contributed by atoms with Crippen LogP contribution in [0.3, 0.4) is 0 Å². The van der Waals surface area contributed by atoms with E-state index in [0.717, 1.165) is 0 Å². The number of rotatable bonds is 2. The fourth-order valence-corrected chi connectivity index (χ4v) is 2.33. The van der Waals surface area contributed by atoms with E-state index in [0.29, 0.717) is 20.1 Å². The Bertz CT molecular complexity index is 599. The van der Waals surface area contributed by atoms with E-state index in [1.807, 2.05) is 0 Å². The highest BCUT2D eigenvalue weighted by Crippen LogP contribution is 2.36. The summed E-state index contributed by atoms with van der Waals surface area (Å²) >= 11 is 15.3. The van der Waals surface area contributed by atoms with E-state index in [1.54, 1.807) is 12.1 Å². The van der Waals surface area contributed by atoms with Crippen molar-refractivity contribution in [1.29, 1.82) is 0 Å². The first-order valence-corrected chi connectivity index (χ1v) is 5.91. The van der Waals surface area contributed by atoms with Crippen LogP contribution in [-0.4, -0.2) is 21.3 Å². The Labute approximate surface area is 114 Å². The van der Waals surface area contributed by atoms with Crippen molar-refractivity contribution in [1.82, 2.24) is 15.4 Å². The Morgan fingerprint density at radius 2 is 2.06 bits per heavy atom. The van der Waals surface area contributed by atoms with Gasteiger partial charge in [0.25, 0.3) is 5.91 Å². The smallest absolute Gasteiger partial charge is 0.271 e. The number of carbonyl (C=O) groups excluding carboxylic acids is 1. The Morgan fingerprint density at radius 3 is 2.71 bits per heavy atom. The molecule has 0 radical (unpaired) electrons. The molecule has 0 spiro atoms. The van der Waals surface area contributed by atoms with Crippen LogP contribution in [0.25, 0.3) is 11.3 Å². The summed E-state index contributed by atoms with van der Waals surface area (Å²) in [6.07, 6.45) is 0. The number of amides is 1. The van der Waals surface area contributed by atoms with E-state index in [1.165, 1.54) is 0 Å². The van der Waals surface area contributed by atoms with Crippen molar-refractivity contribution in [3.8, 4) is 11.3 Å². The van der Waals surface area contributed by atoms with Gasteiger partial charge in [0.2, 0.25) is 0 Å². The second-order valence-electron chi connectivity index (χ2n) is 3.13. The zero-order chi connectivity index (χ0) is 12.6. The minimum absolute atomic E-state index is 0.0149. The van der Waals surface area contributed by atoms with Gasteiger partial charge in [-0.15, -0.1) is 0 Å². The first kappa shape index (κ1) is 12.3. The SMILES string of the molecule is NC(=O)c1n[nH]nc1-c1cc(Cl)cc(Br)c1Cl. The third-order valence-corrected chi connectivity index (χ3v) is 3.51. The topological polar surface area (TPSA) is 84.7 Å². The van der Waals surface area contributed by atoms with Crippen LogP contribution in [0.1, 0.15) is 10.5 Å². The van der Waals surface area contributed by atoms with Gasteiger partial charge in [-0.05, 0) is 28.1 Å². The van der Waals surface area contributed by atoms with Crippen molar-refractivity contribution in [2.45, 2.75) is 0 Å². The van der Waals surface area contributed by atoms with Crippen LogP contribution < -0.4 is 5.73 Å². The predicted octanol–water partition coefficient (Wildman–Crippen LogP) is 2.64. The summed E-state index contributed by atoms with van der Waals surface area (Å²) in [6, 6.07) is 3.22. The van der Waals surface area contributed by atoms with Crippen LogP contribution in [0.15, 0.2) is 16.6 Å². The molecule has 0 saturated carbocycles. The van der Waals surface area contributed by atoms with Crippen molar-refractivity contribution in [2.24, 2.45) is 5.73 Å². The molecule has 5 nitrogen and oxygen atoms in total. The van der Waals surface area contributed by atoms with Crippen LogP contribution in [0.5, 0.6) is 0 Å². The van der Waals surface area contributed by atoms with Crippen LogP contribution in [0.4, 0.5) is 0 Å². The van der Waals surface area contributed by atoms with Crippen molar-refractivity contribution in [3.63, 3.8) is 0 Å². The van der Waals surface area contributed by atoms with Gasteiger partial charge in [0, 0.05) is 15.1 Å². The zero-order valence-corrected chi connectivity index (χ0v) is 11.3. The van der Waals surface area contributed by atoms with Gasteiger partial charge in [0.05, 0.1) is 5.02 Å². The van der Waals surface area contributed by atoms with E-state index < -0.39 is 5.91 Å². The highest BCUT2D eigenvalue weighted by Gasteiger charge is 2.19. The largest absolute Gasteiger partial charge is 0.364 e. The Hall–Kier alpha value is -1.11. The van der Waals surface area contributed by atoms with Gasteiger partial charge >= 0.3 is 0 Å². The third-order valence-electron chi connectivity index (χ3n) is 2.03. The van der Waals surface area contributed by atoms with Crippen molar-refractivity contribution < 1.29 is 4.79 Å². The number of H-pyrrole nitrogens is 1. The first-order chi connectivity index (χ1) is 8.00. The number of hydrogen-bond acceptors (Lipinski definition) is 3. The van der Waals surface area contributed by atoms with Gasteiger partial charge in [-0.2, -0.15) is 15.4 Å². The van der Waals surface area contributed by atoms with Gasteiger partial charge in [-0.25, -0.2) is 0 Å². The van der Waals surface area contributed by atoms with E-state index in [-0.39, 0.29) is 11.4 Å². The van der Waals surface area contributed by atoms with Gasteiger partial charge in [0.1, 0.15) is 5.69 Å². The summed E-state index contributed by atoms with van der Waals surface area (Å²) in [7, 11) is 0. The maximum atomic E-state index is 11.1. The molecule has 1 aromatic carbocycles. The van der Waals surface area contributed by atoms with Crippen LogP contribution in [0, 0.1) is 0 Å². The second-order valence-corrected chi connectivity index (χ2v) is 4.80. The highest BCUT2D eigenvalue weighted by atomic mass is 79.9. The summed E-state index contributed by atoms with van der Waals surface area (Å²) in [6.45, 7) is 0. The van der Waals surface area contributed by atoms with Crippen molar-refractivity contribution >= 4 is 45.0 Å². The standard InChI is InChI=1S/C9H5BrCl2N4O/c10-5-2-3(11)1-4(6(5)12)7-8(9(13)17)15-16-14-7/h1-2H,(H2,13,17)(H,14,15,16). The van der Waals surface area contributed by atoms with Crippen molar-refractivity contribution in [2.75, 3.05) is 0 Å². The predicted molar refractivity (Wildman–Crippen MR) is 68.1 cm³/mol. The monoisotopic (exact) mass is 334 g/mol. The Morgan fingerprint density at radius 1 is 1.35 bits per heavy atom. The van der Waals surface area contributed by atoms with Gasteiger partial charge < -0.3 is 5.73 Å². The Kier molecular flexibility index (Phi) is 3.37. The summed E-state index contributed by atoms with van der Waals surface area (Å²) in [5.74, 6) is -0.694. The number of aromatic nitrogens is 3. The summed E-state index contributed by atoms with van der Waals surface area (Å²) < 4.78 is 0.597. The highest BCUT2D eigenvalue weighted by molar-refractivity contribution is 9.10. The second kappa shape index (κ2) is 4.64. The number of primary amides is 1. The lowest BCUT2D eigenvalue weighted by atomic mass is 10.1. The number of halogens is 3. The molecular formula is C9H5BrCl2N4O. The molecule has 0 bridgehead atoms. The molecule has 88 valence electrons. The van der Waals surface area contributed by atoms with E-state index in [9.17, 15) is 4.79 Å². The zero-order valence-electron chi connectivity index (χ0n) is 8.17. The number of nitrogens with zero attached hydrogens (tertiary/aromatic N) is 2. The molecule has 0 fully saturated rings. The lowest BCUT2D eigenvalue weighted by Crippen LogP contribution is -2.12. The minimum Gasteiger partial charge on any atom is -0.364 e. The number of aromatic amines is 1. The third kappa shape index (κ3) is 2.29. The maximum Gasteiger partial charge on any atom is 0.271 e. The van der Waals surface area contributed by atoms with Crippen LogP contribution in [0.2, 0.25) is 10.0 Å². The number of nitrogens with two attached hydrogens (primary N) is 1. The molecule has 0 aliphatic carbocycles. The van der Waals surface area contributed by atoms with Gasteiger partial charge in [-0.3, -0.25) is 4.79 Å². The molecule has 0 aliphatic rings. The molecule has 0 atom stereocenters. The molecular weight excluding hydrogens is 331 g/mol. The molecule has 2 rings (SSSR count). The molecule has 0 unspecified atom stereocenters.